The normalized spacial score (nSPS) is 10.8. The highest BCUT2D eigenvalue weighted by atomic mass is 16.5. The van der Waals surface area contributed by atoms with E-state index in [-0.39, 0.29) is 11.6 Å². The Morgan fingerprint density at radius 2 is 1.80 bits per heavy atom. The summed E-state index contributed by atoms with van der Waals surface area (Å²) in [4.78, 5) is 12.9. The minimum atomic E-state index is -0.332. The van der Waals surface area contributed by atoms with Gasteiger partial charge in [0.15, 0.2) is 5.69 Å². The number of aromatic nitrogens is 5. The van der Waals surface area contributed by atoms with Gasteiger partial charge in [-0.25, -0.2) is 9.36 Å². The predicted octanol–water partition coefficient (Wildman–Crippen LogP) is 3.39. The number of carbonyl (C=O) groups excluding carboxylic acids is 1. The van der Waals surface area contributed by atoms with Gasteiger partial charge in [-0.15, -0.1) is 5.10 Å². The van der Waals surface area contributed by atoms with Crippen LogP contribution in [-0.4, -0.2) is 37.8 Å². The molecule has 4 aromatic rings. The van der Waals surface area contributed by atoms with Crippen molar-refractivity contribution in [3.63, 3.8) is 0 Å². The number of nitrogens with one attached hydrogen (secondary N) is 1. The molecule has 0 saturated heterocycles. The van der Waals surface area contributed by atoms with Crippen molar-refractivity contribution in [3.05, 3.63) is 83.3 Å². The maximum atomic E-state index is 12.9. The second-order valence-corrected chi connectivity index (χ2v) is 6.90. The molecule has 0 atom stereocenters. The maximum Gasteiger partial charge on any atom is 0.279 e. The van der Waals surface area contributed by atoms with Crippen LogP contribution >= 0.6 is 0 Å². The largest absolute Gasteiger partial charge is 0.497 e. The number of nitrogens with zero attached hydrogens (tertiary/aromatic N) is 5. The number of hydrogen-bond donors (Lipinski definition) is 1. The standard InChI is InChI=1S/C22H22N6O2/c1-15-13-20(27(25-15)14-17-7-5-4-6-8-17)23-22(29)21-16(2)28(26-24-21)18-9-11-19(30-3)12-10-18/h4-13H,14H2,1-3H3,(H,23,29). The lowest BCUT2D eigenvalue weighted by atomic mass is 10.2. The zero-order chi connectivity index (χ0) is 21.1. The molecule has 0 spiro atoms. The Morgan fingerprint density at radius 1 is 1.07 bits per heavy atom. The lowest BCUT2D eigenvalue weighted by Gasteiger charge is -2.09. The first kappa shape index (κ1) is 19.4. The van der Waals surface area contributed by atoms with E-state index in [0.29, 0.717) is 18.1 Å². The highest BCUT2D eigenvalue weighted by molar-refractivity contribution is 6.03. The molecule has 0 unspecified atom stereocenters. The van der Waals surface area contributed by atoms with Crippen LogP contribution in [0, 0.1) is 13.8 Å². The molecular weight excluding hydrogens is 380 g/mol. The topological polar surface area (TPSA) is 86.9 Å². The molecule has 8 nitrogen and oxygen atoms in total. The Hall–Kier alpha value is -3.94. The summed E-state index contributed by atoms with van der Waals surface area (Å²) in [5.74, 6) is 1.03. The van der Waals surface area contributed by atoms with Crippen LogP contribution in [0.5, 0.6) is 5.75 Å². The first-order chi connectivity index (χ1) is 14.5. The molecule has 2 heterocycles. The van der Waals surface area contributed by atoms with Gasteiger partial charge in [-0.1, -0.05) is 35.5 Å². The quantitative estimate of drug-likeness (QED) is 0.534. The fraction of sp³-hybridized carbons (Fsp3) is 0.182. The van der Waals surface area contributed by atoms with Crippen molar-refractivity contribution in [2.45, 2.75) is 20.4 Å². The minimum absolute atomic E-state index is 0.260. The van der Waals surface area contributed by atoms with E-state index in [9.17, 15) is 4.79 Å². The van der Waals surface area contributed by atoms with Crippen molar-refractivity contribution >= 4 is 11.7 Å². The Labute approximate surface area is 174 Å². The van der Waals surface area contributed by atoms with Gasteiger partial charge < -0.3 is 10.1 Å². The molecule has 0 radical (unpaired) electrons. The van der Waals surface area contributed by atoms with E-state index in [1.54, 1.807) is 16.5 Å². The molecule has 152 valence electrons. The van der Waals surface area contributed by atoms with Crippen molar-refractivity contribution in [3.8, 4) is 11.4 Å². The molecule has 1 amide bonds. The molecule has 0 bridgehead atoms. The van der Waals surface area contributed by atoms with Crippen LogP contribution in [0.3, 0.4) is 0 Å². The van der Waals surface area contributed by atoms with Gasteiger partial charge in [0.25, 0.3) is 5.91 Å². The fourth-order valence-corrected chi connectivity index (χ4v) is 3.21. The lowest BCUT2D eigenvalue weighted by molar-refractivity contribution is 0.102. The molecule has 0 fully saturated rings. The number of rotatable bonds is 6. The summed E-state index contributed by atoms with van der Waals surface area (Å²) in [6.07, 6.45) is 0. The Morgan fingerprint density at radius 3 is 2.50 bits per heavy atom. The van der Waals surface area contributed by atoms with E-state index in [1.807, 2.05) is 74.5 Å². The monoisotopic (exact) mass is 402 g/mol. The number of methoxy groups -OCH3 is 1. The third-order valence-corrected chi connectivity index (χ3v) is 4.75. The van der Waals surface area contributed by atoms with E-state index in [1.165, 1.54) is 0 Å². The minimum Gasteiger partial charge on any atom is -0.497 e. The van der Waals surface area contributed by atoms with Crippen LogP contribution in [0.4, 0.5) is 5.82 Å². The van der Waals surface area contributed by atoms with Crippen LogP contribution in [-0.2, 0) is 6.54 Å². The van der Waals surface area contributed by atoms with Crippen molar-refractivity contribution in [1.82, 2.24) is 24.8 Å². The van der Waals surface area contributed by atoms with Gasteiger partial charge in [0.05, 0.1) is 30.7 Å². The first-order valence-electron chi connectivity index (χ1n) is 9.51. The number of aryl methyl sites for hydroxylation is 1. The molecule has 0 saturated carbocycles. The molecule has 8 heteroatoms. The average molecular weight is 402 g/mol. The summed E-state index contributed by atoms with van der Waals surface area (Å²) >= 11 is 0. The van der Waals surface area contributed by atoms with Crippen molar-refractivity contribution in [1.29, 1.82) is 0 Å². The average Bonchev–Trinajstić information content (AvgIpc) is 3.30. The zero-order valence-corrected chi connectivity index (χ0v) is 17.0. The highest BCUT2D eigenvalue weighted by Crippen LogP contribution is 2.18. The number of benzene rings is 2. The number of anilines is 1. The van der Waals surface area contributed by atoms with Gasteiger partial charge in [-0.3, -0.25) is 4.79 Å². The van der Waals surface area contributed by atoms with E-state index >= 15 is 0 Å². The zero-order valence-electron chi connectivity index (χ0n) is 17.0. The molecule has 4 rings (SSSR count). The molecule has 0 aliphatic heterocycles. The third kappa shape index (κ3) is 3.93. The summed E-state index contributed by atoms with van der Waals surface area (Å²) in [6, 6.07) is 19.2. The van der Waals surface area contributed by atoms with Crippen LogP contribution in [0.15, 0.2) is 60.7 Å². The molecule has 1 N–H and O–H groups in total. The van der Waals surface area contributed by atoms with Gasteiger partial charge in [0.2, 0.25) is 0 Å². The van der Waals surface area contributed by atoms with Gasteiger partial charge >= 0.3 is 0 Å². The van der Waals surface area contributed by atoms with Crippen LogP contribution in [0.1, 0.15) is 27.4 Å². The van der Waals surface area contributed by atoms with Crippen LogP contribution in [0.25, 0.3) is 5.69 Å². The highest BCUT2D eigenvalue weighted by Gasteiger charge is 2.19. The second kappa shape index (κ2) is 8.20. The number of amides is 1. The molecule has 2 aromatic heterocycles. The van der Waals surface area contributed by atoms with E-state index in [4.69, 9.17) is 4.74 Å². The van der Waals surface area contributed by atoms with Crippen LogP contribution in [0.2, 0.25) is 0 Å². The summed E-state index contributed by atoms with van der Waals surface area (Å²) in [5, 5.41) is 15.6. The number of carbonyl (C=O) groups is 1. The smallest absolute Gasteiger partial charge is 0.279 e. The van der Waals surface area contributed by atoms with E-state index in [2.05, 4.69) is 20.7 Å². The Kier molecular flexibility index (Phi) is 5.30. The molecule has 0 aliphatic rings. The first-order valence-corrected chi connectivity index (χ1v) is 9.51. The molecule has 0 aliphatic carbocycles. The molecule has 2 aromatic carbocycles. The number of hydrogen-bond acceptors (Lipinski definition) is 5. The Bertz CT molecular complexity index is 1160. The van der Waals surface area contributed by atoms with Gasteiger partial charge in [0, 0.05) is 6.07 Å². The predicted molar refractivity (Wildman–Crippen MR) is 113 cm³/mol. The van der Waals surface area contributed by atoms with Gasteiger partial charge in [-0.2, -0.15) is 5.10 Å². The third-order valence-electron chi connectivity index (χ3n) is 4.75. The SMILES string of the molecule is COc1ccc(-n2nnc(C(=O)Nc3cc(C)nn3Cc3ccccc3)c2C)cc1. The number of ether oxygens (including phenoxy) is 1. The van der Waals surface area contributed by atoms with Crippen molar-refractivity contribution in [2.24, 2.45) is 0 Å². The molecular formula is C22H22N6O2. The molecule has 30 heavy (non-hydrogen) atoms. The van der Waals surface area contributed by atoms with Crippen molar-refractivity contribution < 1.29 is 9.53 Å². The summed E-state index contributed by atoms with van der Waals surface area (Å²) < 4.78 is 8.58. The van der Waals surface area contributed by atoms with E-state index in [0.717, 1.165) is 22.7 Å². The second-order valence-electron chi connectivity index (χ2n) is 6.90. The van der Waals surface area contributed by atoms with Gasteiger partial charge in [0.1, 0.15) is 11.6 Å². The summed E-state index contributed by atoms with van der Waals surface area (Å²) in [5.41, 5.74) is 3.61. The fourth-order valence-electron chi connectivity index (χ4n) is 3.21. The van der Waals surface area contributed by atoms with E-state index < -0.39 is 0 Å². The van der Waals surface area contributed by atoms with Crippen LogP contribution < -0.4 is 10.1 Å². The lowest BCUT2D eigenvalue weighted by Crippen LogP contribution is -2.17. The van der Waals surface area contributed by atoms with Crippen molar-refractivity contribution in [2.75, 3.05) is 12.4 Å². The summed E-state index contributed by atoms with van der Waals surface area (Å²) in [7, 11) is 1.61. The maximum absolute atomic E-state index is 12.9. The summed E-state index contributed by atoms with van der Waals surface area (Å²) in [6.45, 7) is 4.26. The Balaban J connectivity index is 1.56. The van der Waals surface area contributed by atoms with Gasteiger partial charge in [-0.05, 0) is 43.7 Å².